The smallest absolute Gasteiger partial charge is 0.275 e. The molecule has 1 amide bonds. The van der Waals surface area contributed by atoms with Gasteiger partial charge in [-0.15, -0.1) is 0 Å². The Bertz CT molecular complexity index is 654. The number of quaternary nitrogens is 1. The van der Waals surface area contributed by atoms with E-state index < -0.39 is 0 Å². The predicted molar refractivity (Wildman–Crippen MR) is 90.4 cm³/mol. The van der Waals surface area contributed by atoms with Crippen LogP contribution < -0.4 is 19.7 Å². The summed E-state index contributed by atoms with van der Waals surface area (Å²) >= 11 is 0. The maximum atomic E-state index is 11.9. The Morgan fingerprint density at radius 1 is 1.21 bits per heavy atom. The van der Waals surface area contributed by atoms with Gasteiger partial charge in [0, 0.05) is 0 Å². The Balaban J connectivity index is 1.66. The van der Waals surface area contributed by atoms with E-state index in [4.69, 9.17) is 13.9 Å². The first-order valence-electron chi connectivity index (χ1n) is 7.97. The van der Waals surface area contributed by atoms with Crippen molar-refractivity contribution in [2.75, 3.05) is 33.9 Å². The normalized spacial score (nSPS) is 11.8. The number of likely N-dealkylation sites (N-methyl/N-ethyl adjacent to an activating group) is 1. The summed E-state index contributed by atoms with van der Waals surface area (Å²) in [5.74, 6) is 3.11. The average molecular weight is 333 g/mol. The maximum absolute atomic E-state index is 11.9. The molecule has 1 heterocycles. The van der Waals surface area contributed by atoms with E-state index in [1.165, 1.54) is 0 Å². The first kappa shape index (κ1) is 17.9. The van der Waals surface area contributed by atoms with Gasteiger partial charge in [0.05, 0.1) is 20.7 Å². The van der Waals surface area contributed by atoms with Gasteiger partial charge in [0.1, 0.15) is 18.9 Å². The zero-order valence-electron chi connectivity index (χ0n) is 14.4. The molecule has 1 atom stereocenters. The molecule has 6 nitrogen and oxygen atoms in total. The largest absolute Gasteiger partial charge is 0.493 e. The minimum absolute atomic E-state index is 0.0144. The first-order valence-corrected chi connectivity index (χ1v) is 7.97. The molecule has 0 saturated carbocycles. The molecule has 24 heavy (non-hydrogen) atoms. The third kappa shape index (κ3) is 5.62. The van der Waals surface area contributed by atoms with E-state index in [1.54, 1.807) is 7.11 Å². The molecule has 0 aliphatic heterocycles. The number of aryl methyl sites for hydroxylation is 1. The van der Waals surface area contributed by atoms with E-state index in [0.29, 0.717) is 37.7 Å². The highest BCUT2D eigenvalue weighted by Gasteiger charge is 2.12. The lowest BCUT2D eigenvalue weighted by Crippen LogP contribution is -3.08. The van der Waals surface area contributed by atoms with Crippen LogP contribution in [0.15, 0.2) is 40.8 Å². The van der Waals surface area contributed by atoms with Crippen LogP contribution in [0.1, 0.15) is 11.5 Å². The van der Waals surface area contributed by atoms with Gasteiger partial charge in [-0.25, -0.2) is 0 Å². The van der Waals surface area contributed by atoms with Crippen LogP contribution in [0, 0.1) is 6.92 Å². The molecule has 0 spiro atoms. The number of hydrogen-bond acceptors (Lipinski definition) is 4. The summed E-state index contributed by atoms with van der Waals surface area (Å²) in [6.45, 7) is 3.81. The fraction of sp³-hybridized carbons (Fsp3) is 0.389. The molecule has 0 aliphatic carbocycles. The summed E-state index contributed by atoms with van der Waals surface area (Å²) in [6, 6.07) is 11.3. The highest BCUT2D eigenvalue weighted by molar-refractivity contribution is 5.76. The van der Waals surface area contributed by atoms with E-state index in [-0.39, 0.29) is 5.91 Å². The Hall–Kier alpha value is -2.47. The van der Waals surface area contributed by atoms with E-state index in [2.05, 4.69) is 5.32 Å². The van der Waals surface area contributed by atoms with Gasteiger partial charge in [0.2, 0.25) is 0 Å². The number of carbonyl (C=O) groups excluding carboxylic acids is 1. The molecule has 0 bridgehead atoms. The highest BCUT2D eigenvalue weighted by Crippen LogP contribution is 2.25. The number of para-hydroxylation sites is 2. The molecule has 2 aromatic rings. The fourth-order valence-electron chi connectivity index (χ4n) is 2.37. The molecule has 2 rings (SSSR count). The monoisotopic (exact) mass is 333 g/mol. The van der Waals surface area contributed by atoms with Crippen LogP contribution >= 0.6 is 0 Å². The molecule has 0 radical (unpaired) electrons. The molecule has 6 heteroatoms. The second-order valence-corrected chi connectivity index (χ2v) is 5.67. The SMILES string of the molecule is COc1ccccc1OCCNC(=O)C[NH+](C)Cc1ccc(C)o1. The second-order valence-electron chi connectivity index (χ2n) is 5.67. The summed E-state index contributed by atoms with van der Waals surface area (Å²) in [6.07, 6.45) is 0. The van der Waals surface area contributed by atoms with Gasteiger partial charge in [-0.05, 0) is 31.2 Å². The summed E-state index contributed by atoms with van der Waals surface area (Å²) in [7, 11) is 3.56. The van der Waals surface area contributed by atoms with Gasteiger partial charge in [0.15, 0.2) is 23.8 Å². The molecule has 2 N–H and O–H groups in total. The third-order valence-electron chi connectivity index (χ3n) is 3.49. The fourth-order valence-corrected chi connectivity index (χ4v) is 2.37. The second kappa shape index (κ2) is 8.98. The summed E-state index contributed by atoms with van der Waals surface area (Å²) in [5, 5.41) is 2.86. The lowest BCUT2D eigenvalue weighted by Gasteiger charge is -2.13. The molecular weight excluding hydrogens is 308 g/mol. The van der Waals surface area contributed by atoms with Crippen LogP contribution in [0.2, 0.25) is 0 Å². The van der Waals surface area contributed by atoms with Crippen LogP contribution in [-0.2, 0) is 11.3 Å². The summed E-state index contributed by atoms with van der Waals surface area (Å²) in [4.78, 5) is 13.0. The molecule has 0 aliphatic rings. The lowest BCUT2D eigenvalue weighted by atomic mass is 10.3. The Labute approximate surface area is 142 Å². The van der Waals surface area contributed by atoms with E-state index in [9.17, 15) is 4.79 Å². The minimum atomic E-state index is -0.0144. The predicted octanol–water partition coefficient (Wildman–Crippen LogP) is 0.807. The molecule has 0 saturated heterocycles. The summed E-state index contributed by atoms with van der Waals surface area (Å²) < 4.78 is 16.4. The van der Waals surface area contributed by atoms with Crippen LogP contribution in [0.25, 0.3) is 0 Å². The van der Waals surface area contributed by atoms with Gasteiger partial charge in [-0.1, -0.05) is 12.1 Å². The van der Waals surface area contributed by atoms with Gasteiger partial charge in [-0.3, -0.25) is 4.79 Å². The number of rotatable bonds is 9. The van der Waals surface area contributed by atoms with Crippen molar-refractivity contribution in [3.05, 3.63) is 47.9 Å². The van der Waals surface area contributed by atoms with Crippen molar-refractivity contribution in [2.45, 2.75) is 13.5 Å². The molecular formula is C18H25N2O4+. The highest BCUT2D eigenvalue weighted by atomic mass is 16.5. The maximum Gasteiger partial charge on any atom is 0.275 e. The zero-order valence-corrected chi connectivity index (χ0v) is 14.4. The van der Waals surface area contributed by atoms with Crippen LogP contribution in [0.5, 0.6) is 11.5 Å². The van der Waals surface area contributed by atoms with Crippen molar-refractivity contribution < 1.29 is 23.6 Å². The number of benzene rings is 1. The quantitative estimate of drug-likeness (QED) is 0.667. The number of amides is 1. The number of methoxy groups -OCH3 is 1. The van der Waals surface area contributed by atoms with Crippen molar-refractivity contribution in [3.63, 3.8) is 0 Å². The van der Waals surface area contributed by atoms with Crippen molar-refractivity contribution >= 4 is 5.91 Å². The van der Waals surface area contributed by atoms with E-state index >= 15 is 0 Å². The van der Waals surface area contributed by atoms with Gasteiger partial charge < -0.3 is 24.1 Å². The van der Waals surface area contributed by atoms with Crippen LogP contribution in [0.3, 0.4) is 0 Å². The molecule has 1 aromatic carbocycles. The number of ether oxygens (including phenoxy) is 2. The Morgan fingerprint density at radius 3 is 2.62 bits per heavy atom. The topological polar surface area (TPSA) is 65.1 Å². The van der Waals surface area contributed by atoms with Gasteiger partial charge in [-0.2, -0.15) is 0 Å². The molecule has 0 fully saturated rings. The van der Waals surface area contributed by atoms with Gasteiger partial charge >= 0.3 is 0 Å². The van der Waals surface area contributed by atoms with Gasteiger partial charge in [0.25, 0.3) is 5.91 Å². The average Bonchev–Trinajstić information content (AvgIpc) is 2.96. The van der Waals surface area contributed by atoms with E-state index in [0.717, 1.165) is 16.4 Å². The molecule has 1 unspecified atom stereocenters. The molecule has 1 aromatic heterocycles. The standard InChI is InChI=1S/C18H24N2O4/c1-14-8-9-15(24-14)12-20(2)13-18(21)19-10-11-23-17-7-5-4-6-16(17)22-3/h4-9H,10-13H2,1-3H3,(H,19,21)/p+1. The number of carbonyl (C=O) groups is 1. The Morgan fingerprint density at radius 2 is 1.96 bits per heavy atom. The van der Waals surface area contributed by atoms with Crippen molar-refractivity contribution in [3.8, 4) is 11.5 Å². The number of nitrogens with one attached hydrogen (secondary N) is 2. The summed E-state index contributed by atoms with van der Waals surface area (Å²) in [5.41, 5.74) is 0. The molecule has 130 valence electrons. The van der Waals surface area contributed by atoms with E-state index in [1.807, 2.05) is 50.4 Å². The van der Waals surface area contributed by atoms with Crippen molar-refractivity contribution in [1.82, 2.24) is 5.32 Å². The van der Waals surface area contributed by atoms with Crippen LogP contribution in [0.4, 0.5) is 0 Å². The van der Waals surface area contributed by atoms with Crippen molar-refractivity contribution in [2.24, 2.45) is 0 Å². The van der Waals surface area contributed by atoms with Crippen LogP contribution in [-0.4, -0.2) is 39.8 Å². The first-order chi connectivity index (χ1) is 11.6. The van der Waals surface area contributed by atoms with Crippen molar-refractivity contribution in [1.29, 1.82) is 0 Å². The number of furan rings is 1. The third-order valence-corrected chi connectivity index (χ3v) is 3.49. The lowest BCUT2D eigenvalue weighted by molar-refractivity contribution is -0.886. The zero-order chi connectivity index (χ0) is 17.4. The Kier molecular flexibility index (Phi) is 6.69. The number of hydrogen-bond donors (Lipinski definition) is 2. The minimum Gasteiger partial charge on any atom is -0.493 e.